The first-order valence-electron chi connectivity index (χ1n) is 5.96. The van der Waals surface area contributed by atoms with Gasteiger partial charge in [-0.05, 0) is 17.7 Å². The zero-order chi connectivity index (χ0) is 14.0. The number of anilines is 1. The lowest BCUT2D eigenvalue weighted by molar-refractivity contribution is 0.388. The average molecular weight is 412 g/mol. The first kappa shape index (κ1) is 15.3. The smallest absolute Gasteiger partial charge is 0.211 e. The van der Waals surface area contributed by atoms with Crippen molar-refractivity contribution in [3.05, 3.63) is 28.2 Å². The average Bonchev–Trinajstić information content (AvgIpc) is 2.38. The summed E-state index contributed by atoms with van der Waals surface area (Å²) < 4.78 is 25.6. The molecule has 1 heterocycles. The maximum absolute atomic E-state index is 11.5. The third-order valence-electron chi connectivity index (χ3n) is 3.24. The number of rotatable bonds is 3. The van der Waals surface area contributed by atoms with Crippen LogP contribution in [0.1, 0.15) is 5.56 Å². The van der Waals surface area contributed by atoms with E-state index in [9.17, 15) is 8.42 Å². The summed E-state index contributed by atoms with van der Waals surface area (Å²) in [5.74, 6) is 0. The van der Waals surface area contributed by atoms with Crippen LogP contribution in [0.2, 0.25) is 0 Å². The van der Waals surface area contributed by atoms with E-state index in [0.29, 0.717) is 13.1 Å². The molecule has 1 fully saturated rings. The number of nitrogens with zero attached hydrogens (tertiary/aromatic N) is 2. The molecule has 0 unspecified atom stereocenters. The molecule has 0 bridgehead atoms. The molecule has 19 heavy (non-hydrogen) atoms. The molecule has 106 valence electrons. The zero-order valence-electron chi connectivity index (χ0n) is 10.6. The van der Waals surface area contributed by atoms with Crippen LogP contribution >= 0.6 is 31.9 Å². The van der Waals surface area contributed by atoms with Crippen molar-refractivity contribution in [1.82, 2.24) is 4.31 Å². The molecular formula is C12H16Br2N2O2S. The van der Waals surface area contributed by atoms with E-state index in [1.165, 1.54) is 21.8 Å². The fourth-order valence-corrected chi connectivity index (χ4v) is 3.85. The van der Waals surface area contributed by atoms with E-state index in [1.54, 1.807) is 0 Å². The largest absolute Gasteiger partial charge is 0.369 e. The number of hydrogen-bond acceptors (Lipinski definition) is 3. The van der Waals surface area contributed by atoms with Gasteiger partial charge in [-0.25, -0.2) is 8.42 Å². The second kappa shape index (κ2) is 6.11. The van der Waals surface area contributed by atoms with Crippen molar-refractivity contribution in [2.24, 2.45) is 0 Å². The molecule has 2 rings (SSSR count). The molecule has 1 saturated heterocycles. The number of hydrogen-bond donors (Lipinski definition) is 0. The molecule has 7 heteroatoms. The third-order valence-corrected chi connectivity index (χ3v) is 5.64. The summed E-state index contributed by atoms with van der Waals surface area (Å²) in [4.78, 5) is 2.24. The normalized spacial score (nSPS) is 17.7. The van der Waals surface area contributed by atoms with Crippen molar-refractivity contribution in [2.75, 3.05) is 37.3 Å². The molecule has 4 nitrogen and oxygen atoms in total. The molecule has 0 amide bonds. The molecule has 1 aromatic rings. The second-order valence-corrected chi connectivity index (χ2v) is 8.01. The van der Waals surface area contributed by atoms with Gasteiger partial charge in [0.15, 0.2) is 0 Å². The molecule has 1 aliphatic heterocycles. The summed E-state index contributed by atoms with van der Waals surface area (Å²) in [5.41, 5.74) is 2.38. The highest BCUT2D eigenvalue weighted by molar-refractivity contribution is 9.10. The molecule has 1 aliphatic rings. The van der Waals surface area contributed by atoms with Gasteiger partial charge in [0.1, 0.15) is 0 Å². The lowest BCUT2D eigenvalue weighted by Gasteiger charge is -2.35. The Labute approximate surface area is 131 Å². The van der Waals surface area contributed by atoms with Gasteiger partial charge >= 0.3 is 0 Å². The fraction of sp³-hybridized carbons (Fsp3) is 0.500. The minimum Gasteiger partial charge on any atom is -0.369 e. The van der Waals surface area contributed by atoms with Gasteiger partial charge in [0.25, 0.3) is 0 Å². The van der Waals surface area contributed by atoms with Crippen LogP contribution in [-0.2, 0) is 15.4 Å². The number of benzene rings is 1. The Hall–Kier alpha value is -0.110. The fourth-order valence-electron chi connectivity index (χ4n) is 2.21. The van der Waals surface area contributed by atoms with Gasteiger partial charge < -0.3 is 4.90 Å². The Kier molecular flexibility index (Phi) is 4.92. The lowest BCUT2D eigenvalue weighted by Crippen LogP contribution is -2.48. The van der Waals surface area contributed by atoms with Crippen LogP contribution in [0.25, 0.3) is 0 Å². The van der Waals surface area contributed by atoms with Gasteiger partial charge in [0.2, 0.25) is 10.0 Å². The van der Waals surface area contributed by atoms with E-state index >= 15 is 0 Å². The molecule has 0 aromatic heterocycles. The van der Waals surface area contributed by atoms with E-state index in [1.807, 2.05) is 6.07 Å². The Morgan fingerprint density at radius 3 is 2.37 bits per heavy atom. The molecule has 0 N–H and O–H groups in total. The summed E-state index contributed by atoms with van der Waals surface area (Å²) in [6.45, 7) is 2.55. The highest BCUT2D eigenvalue weighted by Crippen LogP contribution is 2.28. The van der Waals surface area contributed by atoms with E-state index in [2.05, 4.69) is 48.9 Å². The second-order valence-electron chi connectivity index (χ2n) is 4.56. The molecule has 0 radical (unpaired) electrons. The molecule has 1 aromatic carbocycles. The highest BCUT2D eigenvalue weighted by Gasteiger charge is 2.24. The van der Waals surface area contributed by atoms with Gasteiger partial charge in [0.05, 0.1) is 6.26 Å². The van der Waals surface area contributed by atoms with E-state index < -0.39 is 10.0 Å². The van der Waals surface area contributed by atoms with Crippen LogP contribution in [0.4, 0.5) is 5.69 Å². The monoisotopic (exact) mass is 410 g/mol. The third kappa shape index (κ3) is 3.71. The first-order chi connectivity index (χ1) is 8.91. The van der Waals surface area contributed by atoms with Crippen LogP contribution < -0.4 is 4.90 Å². The quantitative estimate of drug-likeness (QED) is 0.717. The van der Waals surface area contributed by atoms with Crippen LogP contribution in [-0.4, -0.2) is 45.2 Å². The Balaban J connectivity index is 2.16. The predicted octanol–water partition coefficient (Wildman–Crippen LogP) is 2.43. The Morgan fingerprint density at radius 1 is 1.21 bits per heavy atom. The maximum Gasteiger partial charge on any atom is 0.211 e. The topological polar surface area (TPSA) is 40.6 Å². The van der Waals surface area contributed by atoms with Crippen LogP contribution in [0.5, 0.6) is 0 Å². The highest BCUT2D eigenvalue weighted by atomic mass is 79.9. The molecular weight excluding hydrogens is 396 g/mol. The van der Waals surface area contributed by atoms with Gasteiger partial charge in [0, 0.05) is 41.7 Å². The number of alkyl halides is 1. The molecule has 0 spiro atoms. The van der Waals surface area contributed by atoms with Gasteiger partial charge in [-0.3, -0.25) is 0 Å². The molecule has 0 saturated carbocycles. The summed E-state index contributed by atoms with van der Waals surface area (Å²) in [7, 11) is -3.07. The summed E-state index contributed by atoms with van der Waals surface area (Å²) >= 11 is 6.98. The van der Waals surface area contributed by atoms with Gasteiger partial charge in [-0.15, -0.1) is 0 Å². The van der Waals surface area contributed by atoms with E-state index in [0.717, 1.165) is 22.9 Å². The molecule has 0 atom stereocenters. The minimum absolute atomic E-state index is 0.549. The van der Waals surface area contributed by atoms with E-state index in [-0.39, 0.29) is 0 Å². The number of halogens is 2. The van der Waals surface area contributed by atoms with Crippen molar-refractivity contribution in [3.8, 4) is 0 Å². The van der Waals surface area contributed by atoms with E-state index in [4.69, 9.17) is 0 Å². The van der Waals surface area contributed by atoms with Gasteiger partial charge in [-0.2, -0.15) is 4.31 Å². The van der Waals surface area contributed by atoms with Crippen molar-refractivity contribution >= 4 is 47.6 Å². The standard InChI is InChI=1S/C12H16Br2N2O2S/c1-19(17,18)16-6-4-15(5-7-16)12-8-11(14)3-2-10(12)9-13/h2-3,8H,4-7,9H2,1H3. The Bertz CT molecular complexity index is 555. The SMILES string of the molecule is CS(=O)(=O)N1CCN(c2cc(Br)ccc2CBr)CC1. The summed E-state index contributed by atoms with van der Waals surface area (Å²) in [6, 6.07) is 6.19. The van der Waals surface area contributed by atoms with Crippen molar-refractivity contribution in [1.29, 1.82) is 0 Å². The number of sulfonamides is 1. The van der Waals surface area contributed by atoms with Crippen LogP contribution in [0.3, 0.4) is 0 Å². The van der Waals surface area contributed by atoms with Crippen molar-refractivity contribution in [2.45, 2.75) is 5.33 Å². The van der Waals surface area contributed by atoms with Crippen LogP contribution in [0.15, 0.2) is 22.7 Å². The molecule has 0 aliphatic carbocycles. The summed E-state index contributed by atoms with van der Waals surface area (Å²) in [5, 5.41) is 0.794. The predicted molar refractivity (Wildman–Crippen MR) is 85.4 cm³/mol. The van der Waals surface area contributed by atoms with Crippen LogP contribution in [0, 0.1) is 0 Å². The lowest BCUT2D eigenvalue weighted by atomic mass is 10.1. The minimum atomic E-state index is -3.07. The first-order valence-corrected chi connectivity index (χ1v) is 9.72. The maximum atomic E-state index is 11.5. The Morgan fingerprint density at radius 2 is 1.84 bits per heavy atom. The van der Waals surface area contributed by atoms with Crippen molar-refractivity contribution < 1.29 is 8.42 Å². The van der Waals surface area contributed by atoms with Crippen molar-refractivity contribution in [3.63, 3.8) is 0 Å². The zero-order valence-corrected chi connectivity index (χ0v) is 14.6. The van der Waals surface area contributed by atoms with Gasteiger partial charge in [-0.1, -0.05) is 37.9 Å². The number of piperazine rings is 1. The summed E-state index contributed by atoms with van der Waals surface area (Å²) in [6.07, 6.45) is 1.27.